The van der Waals surface area contributed by atoms with Crippen molar-refractivity contribution >= 4 is 15.9 Å². The lowest BCUT2D eigenvalue weighted by atomic mass is 9.92. The highest BCUT2D eigenvalue weighted by molar-refractivity contribution is 7.89. The van der Waals surface area contributed by atoms with Crippen LogP contribution in [-0.2, 0) is 14.8 Å². The minimum absolute atomic E-state index is 0.0733. The Morgan fingerprint density at radius 1 is 1.17 bits per heavy atom. The molecule has 0 aromatic heterocycles. The van der Waals surface area contributed by atoms with Crippen LogP contribution < -0.4 is 5.32 Å². The summed E-state index contributed by atoms with van der Waals surface area (Å²) in [7, 11) is -2.37. The van der Waals surface area contributed by atoms with E-state index in [-0.39, 0.29) is 23.4 Å². The number of carbonyl (C=O) groups excluding carboxylic acids is 1. The molecule has 1 aliphatic heterocycles. The Balaban J connectivity index is 1.54. The third-order valence-corrected chi connectivity index (χ3v) is 7.78. The first-order chi connectivity index (χ1) is 13.9. The van der Waals surface area contributed by atoms with Gasteiger partial charge in [0.1, 0.15) is 0 Å². The molecule has 3 rings (SSSR count). The first kappa shape index (κ1) is 21.8. The number of nitriles is 1. The average molecular weight is 419 g/mol. The topological polar surface area (TPSA) is 93.5 Å². The maximum atomic E-state index is 12.7. The second-order valence-corrected chi connectivity index (χ2v) is 10.1. The Labute approximate surface area is 173 Å². The minimum Gasteiger partial charge on any atom is -0.351 e. The Hall–Kier alpha value is -1.95. The van der Waals surface area contributed by atoms with Gasteiger partial charge in [-0.15, -0.1) is 0 Å². The predicted molar refractivity (Wildman–Crippen MR) is 111 cm³/mol. The second-order valence-electron chi connectivity index (χ2n) is 8.09. The molecule has 1 saturated heterocycles. The van der Waals surface area contributed by atoms with Crippen molar-refractivity contribution in [2.45, 2.75) is 61.9 Å². The summed E-state index contributed by atoms with van der Waals surface area (Å²) in [5.74, 6) is -0.278. The molecule has 0 bridgehead atoms. The van der Waals surface area contributed by atoms with Crippen molar-refractivity contribution in [1.29, 1.82) is 5.26 Å². The molecule has 1 unspecified atom stereocenters. The lowest BCUT2D eigenvalue weighted by Gasteiger charge is -2.40. The SMILES string of the molecule is CN(CC(=O)NC1CCCN(C2CCCCC2)C1)S(=O)(=O)c1ccc(C#N)cc1. The summed E-state index contributed by atoms with van der Waals surface area (Å²) in [5.41, 5.74) is 0.393. The van der Waals surface area contributed by atoms with E-state index in [0.29, 0.717) is 11.6 Å². The number of rotatable bonds is 6. The van der Waals surface area contributed by atoms with E-state index in [0.717, 1.165) is 30.2 Å². The summed E-state index contributed by atoms with van der Waals surface area (Å²) in [4.78, 5) is 15.1. The smallest absolute Gasteiger partial charge is 0.243 e. The van der Waals surface area contributed by atoms with Crippen LogP contribution in [0.25, 0.3) is 0 Å². The van der Waals surface area contributed by atoms with Crippen molar-refractivity contribution in [3.8, 4) is 6.07 Å². The molecule has 1 aliphatic carbocycles. The van der Waals surface area contributed by atoms with Gasteiger partial charge in [0.05, 0.1) is 23.1 Å². The molecule has 1 aromatic rings. The normalized spacial score (nSPS) is 21.6. The molecule has 29 heavy (non-hydrogen) atoms. The van der Waals surface area contributed by atoms with E-state index < -0.39 is 10.0 Å². The summed E-state index contributed by atoms with van der Waals surface area (Å²) < 4.78 is 26.4. The number of nitrogens with one attached hydrogen (secondary N) is 1. The van der Waals surface area contributed by atoms with Crippen LogP contribution in [0.4, 0.5) is 0 Å². The van der Waals surface area contributed by atoms with Crippen LogP contribution in [0.3, 0.4) is 0 Å². The van der Waals surface area contributed by atoms with E-state index in [1.807, 2.05) is 6.07 Å². The van der Waals surface area contributed by atoms with Gasteiger partial charge in [0.25, 0.3) is 0 Å². The zero-order chi connectivity index (χ0) is 20.9. The molecule has 2 fully saturated rings. The maximum absolute atomic E-state index is 12.7. The third-order valence-electron chi connectivity index (χ3n) is 5.97. The van der Waals surface area contributed by atoms with E-state index in [1.165, 1.54) is 63.4 Å². The fourth-order valence-electron chi connectivity index (χ4n) is 4.34. The van der Waals surface area contributed by atoms with Crippen LogP contribution in [0.15, 0.2) is 29.2 Å². The Kier molecular flexibility index (Phi) is 7.28. The van der Waals surface area contributed by atoms with E-state index in [4.69, 9.17) is 5.26 Å². The van der Waals surface area contributed by atoms with Crippen LogP contribution in [-0.4, -0.2) is 62.3 Å². The minimum atomic E-state index is -3.78. The number of piperidine rings is 1. The molecule has 1 N–H and O–H groups in total. The number of likely N-dealkylation sites (tertiary alicyclic amines) is 1. The van der Waals surface area contributed by atoms with Crippen molar-refractivity contribution in [2.24, 2.45) is 0 Å². The molecule has 0 spiro atoms. The number of sulfonamides is 1. The number of carbonyl (C=O) groups is 1. The molecule has 1 aromatic carbocycles. The molecule has 7 nitrogen and oxygen atoms in total. The molecule has 8 heteroatoms. The van der Waals surface area contributed by atoms with Crippen LogP contribution in [0.5, 0.6) is 0 Å². The number of hydrogen-bond acceptors (Lipinski definition) is 5. The van der Waals surface area contributed by atoms with Gasteiger partial charge >= 0.3 is 0 Å². The molecular weight excluding hydrogens is 388 g/mol. The predicted octanol–water partition coefficient (Wildman–Crippen LogP) is 2.09. The van der Waals surface area contributed by atoms with Gasteiger partial charge in [0, 0.05) is 25.7 Å². The first-order valence-corrected chi connectivity index (χ1v) is 11.8. The first-order valence-electron chi connectivity index (χ1n) is 10.4. The van der Waals surface area contributed by atoms with Gasteiger partial charge in [-0.2, -0.15) is 9.57 Å². The number of amides is 1. The molecule has 1 amide bonds. The Morgan fingerprint density at radius 2 is 1.86 bits per heavy atom. The highest BCUT2D eigenvalue weighted by Gasteiger charge is 2.29. The molecule has 0 radical (unpaired) electrons. The zero-order valence-corrected chi connectivity index (χ0v) is 17.8. The summed E-state index contributed by atoms with van der Waals surface area (Å²) in [5, 5.41) is 11.9. The van der Waals surface area contributed by atoms with Crippen LogP contribution in [0.1, 0.15) is 50.5 Å². The van der Waals surface area contributed by atoms with E-state index in [2.05, 4.69) is 10.2 Å². The number of hydrogen-bond donors (Lipinski definition) is 1. The van der Waals surface area contributed by atoms with E-state index >= 15 is 0 Å². The van der Waals surface area contributed by atoms with Gasteiger partial charge in [0.2, 0.25) is 15.9 Å². The van der Waals surface area contributed by atoms with Gasteiger partial charge < -0.3 is 5.32 Å². The van der Waals surface area contributed by atoms with Crippen molar-refractivity contribution in [3.05, 3.63) is 29.8 Å². The number of likely N-dealkylation sites (N-methyl/N-ethyl adjacent to an activating group) is 1. The summed E-state index contributed by atoms with van der Waals surface area (Å²) in [6, 6.07) is 8.37. The second kappa shape index (κ2) is 9.70. The molecular formula is C21H30N4O3S. The molecule has 158 valence electrons. The summed E-state index contributed by atoms with van der Waals surface area (Å²) in [6.07, 6.45) is 8.37. The fraction of sp³-hybridized carbons (Fsp3) is 0.619. The molecule has 1 heterocycles. The van der Waals surface area contributed by atoms with Gasteiger partial charge in [-0.25, -0.2) is 8.42 Å². The maximum Gasteiger partial charge on any atom is 0.243 e. The summed E-state index contributed by atoms with van der Waals surface area (Å²) >= 11 is 0. The third kappa shape index (κ3) is 5.56. The monoisotopic (exact) mass is 418 g/mol. The molecule has 1 saturated carbocycles. The van der Waals surface area contributed by atoms with Crippen molar-refractivity contribution in [1.82, 2.24) is 14.5 Å². The zero-order valence-electron chi connectivity index (χ0n) is 17.0. The number of nitrogens with zero attached hydrogens (tertiary/aromatic N) is 3. The Bertz CT molecular complexity index is 842. The Morgan fingerprint density at radius 3 is 2.52 bits per heavy atom. The number of benzene rings is 1. The molecule has 1 atom stereocenters. The van der Waals surface area contributed by atoms with Gasteiger partial charge in [-0.3, -0.25) is 9.69 Å². The standard InChI is InChI=1S/C21H30N4O3S/c1-24(29(27,28)20-11-9-17(14-22)10-12-20)16-21(26)23-18-6-5-13-25(15-18)19-7-3-2-4-8-19/h9-12,18-19H,2-8,13,15-16H2,1H3,(H,23,26). The van der Waals surface area contributed by atoms with Crippen LogP contribution >= 0.6 is 0 Å². The van der Waals surface area contributed by atoms with E-state index in [1.54, 1.807) is 0 Å². The summed E-state index contributed by atoms with van der Waals surface area (Å²) in [6.45, 7) is 1.72. The highest BCUT2D eigenvalue weighted by Crippen LogP contribution is 2.25. The lowest BCUT2D eigenvalue weighted by molar-refractivity contribution is -0.122. The van der Waals surface area contributed by atoms with E-state index in [9.17, 15) is 13.2 Å². The van der Waals surface area contributed by atoms with Crippen molar-refractivity contribution in [3.63, 3.8) is 0 Å². The largest absolute Gasteiger partial charge is 0.351 e. The van der Waals surface area contributed by atoms with Gasteiger partial charge in [-0.05, 0) is 56.5 Å². The van der Waals surface area contributed by atoms with Gasteiger partial charge in [-0.1, -0.05) is 19.3 Å². The van der Waals surface area contributed by atoms with Crippen molar-refractivity contribution in [2.75, 3.05) is 26.7 Å². The lowest BCUT2D eigenvalue weighted by Crippen LogP contribution is -2.52. The average Bonchev–Trinajstić information content (AvgIpc) is 2.74. The molecule has 2 aliphatic rings. The van der Waals surface area contributed by atoms with Crippen LogP contribution in [0.2, 0.25) is 0 Å². The highest BCUT2D eigenvalue weighted by atomic mass is 32.2. The fourth-order valence-corrected chi connectivity index (χ4v) is 5.47. The quantitative estimate of drug-likeness (QED) is 0.764. The van der Waals surface area contributed by atoms with Crippen molar-refractivity contribution < 1.29 is 13.2 Å². The van der Waals surface area contributed by atoms with Crippen LogP contribution in [0, 0.1) is 11.3 Å². The van der Waals surface area contributed by atoms with Gasteiger partial charge in [0.15, 0.2) is 0 Å².